The summed E-state index contributed by atoms with van der Waals surface area (Å²) in [5, 5.41) is 0.736. The molecule has 0 aliphatic heterocycles. The van der Waals surface area contributed by atoms with Crippen LogP contribution < -0.4 is 5.56 Å². The molecule has 3 heterocycles. The van der Waals surface area contributed by atoms with E-state index in [0.717, 1.165) is 16.5 Å². The number of nitrogens with zero attached hydrogens (tertiary/aromatic N) is 3. The van der Waals surface area contributed by atoms with Gasteiger partial charge in [0.15, 0.2) is 11.6 Å². The summed E-state index contributed by atoms with van der Waals surface area (Å²) in [5.41, 5.74) is 1.83. The van der Waals surface area contributed by atoms with Crippen LogP contribution in [0.15, 0.2) is 64.1 Å². The van der Waals surface area contributed by atoms with Gasteiger partial charge in [-0.3, -0.25) is 19.1 Å². The fraction of sp³-hybridized carbons (Fsp3) is 0.0526. The van der Waals surface area contributed by atoms with Crippen molar-refractivity contribution < 1.29 is 9.21 Å². The first-order chi connectivity index (χ1) is 12.2. The van der Waals surface area contributed by atoms with Crippen molar-refractivity contribution in [1.82, 2.24) is 14.5 Å². The van der Waals surface area contributed by atoms with E-state index in [2.05, 4.69) is 9.97 Å². The molecular formula is C19H13N3O3. The number of carbonyl (C=O) groups excluding carboxylic acids is 1. The van der Waals surface area contributed by atoms with Crippen LogP contribution in [0.4, 0.5) is 0 Å². The number of carbonyl (C=O) groups is 1. The number of hydrogen-bond donors (Lipinski definition) is 0. The van der Waals surface area contributed by atoms with Crippen molar-refractivity contribution in [3.63, 3.8) is 0 Å². The third-order valence-electron chi connectivity index (χ3n) is 3.93. The molecule has 0 atom stereocenters. The fourth-order valence-electron chi connectivity index (χ4n) is 2.67. The minimum absolute atomic E-state index is 0.0846. The summed E-state index contributed by atoms with van der Waals surface area (Å²) in [5.74, 6) is 0.543. The summed E-state index contributed by atoms with van der Waals surface area (Å²) >= 11 is 0. The molecule has 0 spiro atoms. The third kappa shape index (κ3) is 2.53. The lowest BCUT2D eigenvalue weighted by atomic mass is 10.1. The maximum Gasteiger partial charge on any atom is 0.282 e. The second-order valence-electron chi connectivity index (χ2n) is 5.62. The van der Waals surface area contributed by atoms with Gasteiger partial charge in [-0.05, 0) is 19.1 Å². The second kappa shape index (κ2) is 5.83. The molecular weight excluding hydrogens is 318 g/mol. The highest BCUT2D eigenvalue weighted by atomic mass is 16.4. The molecule has 0 N–H and O–H groups in total. The van der Waals surface area contributed by atoms with Gasteiger partial charge < -0.3 is 4.42 Å². The predicted octanol–water partition coefficient (Wildman–Crippen LogP) is 3.16. The zero-order valence-corrected chi connectivity index (χ0v) is 13.3. The molecule has 3 aromatic heterocycles. The van der Waals surface area contributed by atoms with E-state index in [9.17, 15) is 9.59 Å². The van der Waals surface area contributed by atoms with Crippen LogP contribution in [0.2, 0.25) is 0 Å². The molecule has 0 saturated heterocycles. The highest BCUT2D eigenvalue weighted by Crippen LogP contribution is 2.27. The second-order valence-corrected chi connectivity index (χ2v) is 5.62. The predicted molar refractivity (Wildman–Crippen MR) is 93.0 cm³/mol. The van der Waals surface area contributed by atoms with Gasteiger partial charge in [0.25, 0.3) is 11.4 Å². The average Bonchev–Trinajstić information content (AvgIpc) is 3.07. The summed E-state index contributed by atoms with van der Waals surface area (Å²) in [6, 6.07) is 12.9. The average molecular weight is 331 g/mol. The van der Waals surface area contributed by atoms with Crippen LogP contribution in [-0.4, -0.2) is 20.8 Å². The van der Waals surface area contributed by atoms with Gasteiger partial charge >= 0.3 is 0 Å². The molecule has 0 aliphatic rings. The Morgan fingerprint density at radius 1 is 1.12 bits per heavy atom. The van der Waals surface area contributed by atoms with Crippen LogP contribution in [0, 0.1) is 6.92 Å². The van der Waals surface area contributed by atoms with Crippen molar-refractivity contribution >= 4 is 17.2 Å². The van der Waals surface area contributed by atoms with Crippen molar-refractivity contribution in [3.05, 3.63) is 76.7 Å². The van der Waals surface area contributed by atoms with Gasteiger partial charge in [-0.25, -0.2) is 0 Å². The first kappa shape index (κ1) is 15.0. The summed E-state index contributed by atoms with van der Waals surface area (Å²) in [4.78, 5) is 32.2. The van der Waals surface area contributed by atoms with E-state index in [1.807, 2.05) is 37.3 Å². The smallest absolute Gasteiger partial charge is 0.282 e. The molecule has 0 amide bonds. The minimum atomic E-state index is -0.322. The molecule has 1 aromatic carbocycles. The fourth-order valence-corrected chi connectivity index (χ4v) is 2.67. The van der Waals surface area contributed by atoms with E-state index >= 15 is 0 Å². The Kier molecular flexibility index (Phi) is 3.50. The van der Waals surface area contributed by atoms with Crippen LogP contribution in [0.1, 0.15) is 16.2 Å². The highest BCUT2D eigenvalue weighted by molar-refractivity contribution is 5.78. The first-order valence-electron chi connectivity index (χ1n) is 7.67. The SMILES string of the molecule is Cc1ccc(-c2oc(C=O)nc2-n2ccc3cccnc3c2=O)cc1. The molecule has 6 heteroatoms. The number of aromatic nitrogens is 3. The van der Waals surface area contributed by atoms with Crippen molar-refractivity contribution in [2.45, 2.75) is 6.92 Å². The van der Waals surface area contributed by atoms with E-state index in [1.165, 1.54) is 4.57 Å². The summed E-state index contributed by atoms with van der Waals surface area (Å²) < 4.78 is 6.90. The van der Waals surface area contributed by atoms with Gasteiger partial charge in [-0.1, -0.05) is 35.9 Å². The molecule has 4 rings (SSSR count). The zero-order chi connectivity index (χ0) is 17.4. The molecule has 0 unspecified atom stereocenters. The largest absolute Gasteiger partial charge is 0.432 e. The topological polar surface area (TPSA) is 78.0 Å². The lowest BCUT2D eigenvalue weighted by Crippen LogP contribution is -2.19. The van der Waals surface area contributed by atoms with Gasteiger partial charge in [-0.15, -0.1) is 0 Å². The van der Waals surface area contributed by atoms with Gasteiger partial charge in [0, 0.05) is 23.3 Å². The Hall–Kier alpha value is -3.54. The monoisotopic (exact) mass is 331 g/mol. The normalized spacial score (nSPS) is 10.9. The van der Waals surface area contributed by atoms with Gasteiger partial charge in [0.1, 0.15) is 5.52 Å². The lowest BCUT2D eigenvalue weighted by molar-refractivity contribution is 0.109. The van der Waals surface area contributed by atoms with Crippen molar-refractivity contribution in [2.24, 2.45) is 0 Å². The molecule has 0 bridgehead atoms. The van der Waals surface area contributed by atoms with Crippen LogP contribution >= 0.6 is 0 Å². The van der Waals surface area contributed by atoms with Gasteiger partial charge in [-0.2, -0.15) is 4.98 Å². The number of hydrogen-bond acceptors (Lipinski definition) is 5. The number of pyridine rings is 2. The number of fused-ring (bicyclic) bond motifs is 1. The van der Waals surface area contributed by atoms with E-state index in [1.54, 1.807) is 24.5 Å². The van der Waals surface area contributed by atoms with Crippen molar-refractivity contribution in [2.75, 3.05) is 0 Å². The quantitative estimate of drug-likeness (QED) is 0.539. The zero-order valence-electron chi connectivity index (χ0n) is 13.3. The molecule has 122 valence electrons. The van der Waals surface area contributed by atoms with Gasteiger partial charge in [0.2, 0.25) is 6.29 Å². The summed E-state index contributed by atoms with van der Waals surface area (Å²) in [6.07, 6.45) is 3.69. The van der Waals surface area contributed by atoms with E-state index in [-0.39, 0.29) is 17.3 Å². The van der Waals surface area contributed by atoms with Crippen molar-refractivity contribution in [1.29, 1.82) is 0 Å². The molecule has 6 nitrogen and oxygen atoms in total. The molecule has 0 saturated carbocycles. The standard InChI is InChI=1S/C19H13N3O3/c1-12-4-6-14(7-5-12)17-18(21-15(11-23)25-17)22-10-8-13-3-2-9-20-16(13)19(22)24/h2-11H,1H3. The Balaban J connectivity index is 1.98. The number of aldehydes is 1. The van der Waals surface area contributed by atoms with Crippen LogP contribution in [0.5, 0.6) is 0 Å². The molecule has 0 aliphatic carbocycles. The minimum Gasteiger partial charge on any atom is -0.432 e. The molecule has 25 heavy (non-hydrogen) atoms. The van der Waals surface area contributed by atoms with Gasteiger partial charge in [0.05, 0.1) is 0 Å². The highest BCUT2D eigenvalue weighted by Gasteiger charge is 2.18. The Morgan fingerprint density at radius 2 is 1.92 bits per heavy atom. The Bertz CT molecular complexity index is 1140. The molecule has 0 fully saturated rings. The number of rotatable bonds is 3. The van der Waals surface area contributed by atoms with Crippen LogP contribution in [0.3, 0.4) is 0 Å². The summed E-state index contributed by atoms with van der Waals surface area (Å²) in [6.45, 7) is 1.97. The first-order valence-corrected chi connectivity index (χ1v) is 7.67. The van der Waals surface area contributed by atoms with E-state index in [4.69, 9.17) is 4.42 Å². The lowest BCUT2D eigenvalue weighted by Gasteiger charge is -2.06. The van der Waals surface area contributed by atoms with E-state index < -0.39 is 0 Å². The van der Waals surface area contributed by atoms with Crippen LogP contribution in [0.25, 0.3) is 28.0 Å². The molecule has 0 radical (unpaired) electrons. The number of oxazole rings is 1. The maximum atomic E-state index is 12.8. The number of benzene rings is 1. The Morgan fingerprint density at radius 3 is 2.68 bits per heavy atom. The molecule has 4 aromatic rings. The Labute approximate surface area is 142 Å². The maximum absolute atomic E-state index is 12.8. The van der Waals surface area contributed by atoms with Crippen LogP contribution in [-0.2, 0) is 0 Å². The third-order valence-corrected chi connectivity index (χ3v) is 3.93. The summed E-state index contributed by atoms with van der Waals surface area (Å²) in [7, 11) is 0. The number of aryl methyl sites for hydroxylation is 1. The van der Waals surface area contributed by atoms with E-state index in [0.29, 0.717) is 17.6 Å². The van der Waals surface area contributed by atoms with Crippen molar-refractivity contribution in [3.8, 4) is 17.1 Å².